The molecule has 1 fully saturated rings. The minimum absolute atomic E-state index is 0.164. The molecule has 1 N–H and O–H groups in total. The maximum absolute atomic E-state index is 11.1. The Morgan fingerprint density at radius 3 is 2.26 bits per heavy atom. The predicted octanol–water partition coefficient (Wildman–Crippen LogP) is 5.79. The first-order chi connectivity index (χ1) is 15.0. The Bertz CT molecular complexity index is 1130. The minimum Gasteiger partial charge on any atom is -0.481 e. The van der Waals surface area contributed by atoms with Gasteiger partial charge in [-0.15, -0.1) is 0 Å². The highest BCUT2D eigenvalue weighted by Gasteiger charge is 2.46. The van der Waals surface area contributed by atoms with Crippen molar-refractivity contribution < 1.29 is 14.6 Å². The number of aliphatic carboxylic acids is 1. The van der Waals surface area contributed by atoms with Crippen LogP contribution in [0.15, 0.2) is 72.8 Å². The monoisotopic (exact) mass is 410 g/mol. The Hall–Kier alpha value is -3.35. The van der Waals surface area contributed by atoms with Crippen LogP contribution in [0.2, 0.25) is 0 Å². The molecule has 1 saturated carbocycles. The van der Waals surface area contributed by atoms with E-state index in [4.69, 9.17) is 9.84 Å². The van der Waals surface area contributed by atoms with Gasteiger partial charge in [-0.2, -0.15) is 0 Å². The van der Waals surface area contributed by atoms with Gasteiger partial charge in [-0.05, 0) is 73.2 Å². The Kier molecular flexibility index (Phi) is 5.93. The first-order valence-electron chi connectivity index (χ1n) is 10.6. The van der Waals surface area contributed by atoms with Gasteiger partial charge in [0.25, 0.3) is 0 Å². The van der Waals surface area contributed by atoms with Crippen LogP contribution in [0, 0.1) is 18.8 Å². The van der Waals surface area contributed by atoms with Crippen LogP contribution in [0.5, 0.6) is 0 Å². The summed E-state index contributed by atoms with van der Waals surface area (Å²) in [5, 5.41) is 9.12. The van der Waals surface area contributed by atoms with Crippen LogP contribution in [0.25, 0.3) is 0 Å². The molecular weight excluding hydrogens is 384 g/mol. The number of carbonyl (C=O) groups is 1. The Morgan fingerprint density at radius 1 is 1.00 bits per heavy atom. The molecule has 3 aromatic rings. The number of aryl methyl sites for hydroxylation is 1. The fourth-order valence-electron chi connectivity index (χ4n) is 3.80. The largest absolute Gasteiger partial charge is 0.481 e. The van der Waals surface area contributed by atoms with Crippen molar-refractivity contribution in [3.8, 4) is 11.8 Å². The summed E-state index contributed by atoms with van der Waals surface area (Å²) in [6.07, 6.45) is 2.10. The third kappa shape index (κ3) is 4.87. The minimum atomic E-state index is -0.824. The van der Waals surface area contributed by atoms with E-state index in [1.54, 1.807) is 6.92 Å². The number of ether oxygens (including phenoxy) is 1. The zero-order chi connectivity index (χ0) is 21.8. The van der Waals surface area contributed by atoms with Crippen molar-refractivity contribution in [1.82, 2.24) is 0 Å². The molecule has 0 heterocycles. The lowest BCUT2D eigenvalue weighted by Crippen LogP contribution is -2.13. The highest BCUT2D eigenvalue weighted by atomic mass is 16.5. The van der Waals surface area contributed by atoms with Crippen LogP contribution < -0.4 is 0 Å². The molecule has 3 heteroatoms. The van der Waals surface area contributed by atoms with Crippen LogP contribution >= 0.6 is 0 Å². The number of carboxylic acid groups (broad SMARTS) is 1. The van der Waals surface area contributed by atoms with Gasteiger partial charge in [-0.25, -0.2) is 0 Å². The van der Waals surface area contributed by atoms with E-state index in [2.05, 4.69) is 49.1 Å². The lowest BCUT2D eigenvalue weighted by molar-refractivity contribution is -0.138. The van der Waals surface area contributed by atoms with Crippen LogP contribution in [0.3, 0.4) is 0 Å². The molecule has 1 atom stereocenters. The van der Waals surface area contributed by atoms with Crippen LogP contribution in [-0.4, -0.2) is 11.1 Å². The van der Waals surface area contributed by atoms with Gasteiger partial charge in [0.15, 0.2) is 0 Å². The van der Waals surface area contributed by atoms with Crippen molar-refractivity contribution in [3.63, 3.8) is 0 Å². The van der Waals surface area contributed by atoms with Crippen LogP contribution in [0.4, 0.5) is 0 Å². The average molecular weight is 411 g/mol. The smallest absolute Gasteiger partial charge is 0.310 e. The van der Waals surface area contributed by atoms with E-state index in [0.29, 0.717) is 6.61 Å². The zero-order valence-electron chi connectivity index (χ0n) is 17.9. The SMILES string of the molecule is Cc1cc(C#Cc2ccc(C(C)C(=O)O)cc2)ccc1C1(OCc2ccccc2)CC1. The summed E-state index contributed by atoms with van der Waals surface area (Å²) in [6, 6.07) is 24.0. The van der Waals surface area contributed by atoms with E-state index >= 15 is 0 Å². The highest BCUT2D eigenvalue weighted by Crippen LogP contribution is 2.50. The molecule has 1 aliphatic carbocycles. The average Bonchev–Trinajstić information content (AvgIpc) is 3.58. The highest BCUT2D eigenvalue weighted by molar-refractivity contribution is 5.75. The van der Waals surface area contributed by atoms with Crippen molar-refractivity contribution in [2.45, 2.75) is 44.8 Å². The quantitative estimate of drug-likeness (QED) is 0.523. The lowest BCUT2D eigenvalue weighted by Gasteiger charge is -2.19. The topological polar surface area (TPSA) is 46.5 Å². The Balaban J connectivity index is 1.45. The van der Waals surface area contributed by atoms with Gasteiger partial charge < -0.3 is 9.84 Å². The molecule has 1 unspecified atom stereocenters. The first kappa shape index (κ1) is 20.9. The number of carboxylic acids is 1. The number of rotatable bonds is 6. The summed E-state index contributed by atoms with van der Waals surface area (Å²) in [5.74, 6) is 5.06. The van der Waals surface area contributed by atoms with E-state index < -0.39 is 11.9 Å². The molecule has 0 radical (unpaired) electrons. The normalized spacial score (nSPS) is 14.9. The second-order valence-corrected chi connectivity index (χ2v) is 8.23. The summed E-state index contributed by atoms with van der Waals surface area (Å²) in [4.78, 5) is 11.1. The standard InChI is InChI=1S/C28H26O3/c1-20-18-23(9-8-22-10-13-25(14-11-22)21(2)27(29)30)12-15-26(20)28(16-17-28)31-19-24-6-4-3-5-7-24/h3-7,10-15,18,21H,16-17,19H2,1-2H3,(H,29,30). The van der Waals surface area contributed by atoms with Crippen molar-refractivity contribution in [3.05, 3.63) is 106 Å². The number of hydrogen-bond donors (Lipinski definition) is 1. The molecule has 0 amide bonds. The molecule has 1 aliphatic rings. The molecule has 0 bridgehead atoms. The summed E-state index contributed by atoms with van der Waals surface area (Å²) < 4.78 is 6.33. The summed E-state index contributed by atoms with van der Waals surface area (Å²) in [5.41, 5.74) is 6.09. The van der Waals surface area contributed by atoms with Crippen LogP contribution in [0.1, 0.15) is 59.1 Å². The number of benzene rings is 3. The van der Waals surface area contributed by atoms with Gasteiger partial charge in [-0.1, -0.05) is 60.4 Å². The molecule has 3 nitrogen and oxygen atoms in total. The van der Waals surface area contributed by atoms with E-state index in [1.165, 1.54) is 16.7 Å². The predicted molar refractivity (Wildman–Crippen MR) is 122 cm³/mol. The maximum atomic E-state index is 11.1. The summed E-state index contributed by atoms with van der Waals surface area (Å²) in [7, 11) is 0. The van der Waals surface area contributed by atoms with Crippen LogP contribution in [-0.2, 0) is 21.7 Å². The van der Waals surface area contributed by atoms with Crippen molar-refractivity contribution >= 4 is 5.97 Å². The second-order valence-electron chi connectivity index (χ2n) is 8.23. The summed E-state index contributed by atoms with van der Waals surface area (Å²) in [6.45, 7) is 4.43. The number of hydrogen-bond acceptors (Lipinski definition) is 2. The molecular formula is C28H26O3. The molecule has 31 heavy (non-hydrogen) atoms. The fourth-order valence-corrected chi connectivity index (χ4v) is 3.80. The van der Waals surface area contributed by atoms with E-state index in [9.17, 15) is 4.79 Å². The van der Waals surface area contributed by atoms with E-state index in [-0.39, 0.29) is 5.60 Å². The third-order valence-corrected chi connectivity index (χ3v) is 5.91. The molecule has 0 spiro atoms. The van der Waals surface area contributed by atoms with E-state index in [0.717, 1.165) is 29.5 Å². The van der Waals surface area contributed by atoms with E-state index in [1.807, 2.05) is 42.5 Å². The molecule has 3 aromatic carbocycles. The molecule has 4 rings (SSSR count). The maximum Gasteiger partial charge on any atom is 0.310 e. The van der Waals surface area contributed by atoms with Gasteiger partial charge in [0.05, 0.1) is 18.1 Å². The third-order valence-electron chi connectivity index (χ3n) is 5.91. The molecule has 156 valence electrons. The molecule has 0 aliphatic heterocycles. The molecule has 0 aromatic heterocycles. The summed E-state index contributed by atoms with van der Waals surface area (Å²) >= 11 is 0. The first-order valence-corrected chi connectivity index (χ1v) is 10.6. The van der Waals surface area contributed by atoms with Gasteiger partial charge in [0.2, 0.25) is 0 Å². The molecule has 0 saturated heterocycles. The Morgan fingerprint density at radius 2 is 1.65 bits per heavy atom. The van der Waals surface area contributed by atoms with Crippen molar-refractivity contribution in [2.24, 2.45) is 0 Å². The van der Waals surface area contributed by atoms with Gasteiger partial charge in [0, 0.05) is 11.1 Å². The second kappa shape index (κ2) is 8.79. The Labute approximate surface area is 183 Å². The zero-order valence-corrected chi connectivity index (χ0v) is 17.9. The van der Waals surface area contributed by atoms with Crippen molar-refractivity contribution in [1.29, 1.82) is 0 Å². The fraction of sp³-hybridized carbons (Fsp3) is 0.250. The lowest BCUT2D eigenvalue weighted by atomic mass is 9.98. The van der Waals surface area contributed by atoms with Gasteiger partial charge in [0.1, 0.15) is 0 Å². The van der Waals surface area contributed by atoms with Crippen molar-refractivity contribution in [2.75, 3.05) is 0 Å². The van der Waals surface area contributed by atoms with Gasteiger partial charge in [-0.3, -0.25) is 4.79 Å². The van der Waals surface area contributed by atoms with Gasteiger partial charge >= 0.3 is 5.97 Å².